The Bertz CT molecular complexity index is 883. The molecule has 23 heavy (non-hydrogen) atoms. The third-order valence-electron chi connectivity index (χ3n) is 3.62. The number of nitro benzene ring substituents is 1. The van der Waals surface area contributed by atoms with Crippen LogP contribution in [-0.4, -0.2) is 10.0 Å². The van der Waals surface area contributed by atoms with E-state index in [4.69, 9.17) is 10.5 Å². The summed E-state index contributed by atoms with van der Waals surface area (Å²) in [4.78, 5) is 10.4. The number of hydrogen-bond acceptors (Lipinski definition) is 6. The van der Waals surface area contributed by atoms with Gasteiger partial charge in [0.15, 0.2) is 0 Å². The first-order valence-corrected chi connectivity index (χ1v) is 6.66. The zero-order valence-corrected chi connectivity index (χ0v) is 11.8. The lowest BCUT2D eigenvalue weighted by Crippen LogP contribution is -2.21. The van der Waals surface area contributed by atoms with Gasteiger partial charge in [-0.15, -0.1) is 0 Å². The van der Waals surface area contributed by atoms with Crippen molar-refractivity contribution >= 4 is 5.69 Å². The molecule has 0 spiro atoms. The van der Waals surface area contributed by atoms with Crippen LogP contribution in [0.1, 0.15) is 17.0 Å². The summed E-state index contributed by atoms with van der Waals surface area (Å²) in [6.45, 7) is 0. The molecule has 0 bridgehead atoms. The highest BCUT2D eigenvalue weighted by Gasteiger charge is 2.31. The number of hydrogen-bond donors (Lipinski definition) is 2. The molecule has 1 aliphatic heterocycles. The molecule has 0 fully saturated rings. The van der Waals surface area contributed by atoms with Crippen molar-refractivity contribution in [2.75, 3.05) is 0 Å². The number of fused-ring (bicyclic) bond motifs is 1. The SMILES string of the molecule is N#CC1=C(N)Oc2cc([N+](=O)[O-])ccc2[C@H]1c1cccc(O)c1. The highest BCUT2D eigenvalue weighted by molar-refractivity contribution is 5.58. The number of aromatic hydroxyl groups is 1. The molecule has 1 aliphatic rings. The van der Waals surface area contributed by atoms with Gasteiger partial charge in [-0.3, -0.25) is 10.1 Å². The van der Waals surface area contributed by atoms with Gasteiger partial charge >= 0.3 is 0 Å². The van der Waals surface area contributed by atoms with Crippen molar-refractivity contribution in [3.63, 3.8) is 0 Å². The number of nitrogens with two attached hydrogens (primary N) is 1. The normalized spacial score (nSPS) is 16.2. The fraction of sp³-hybridized carbons (Fsp3) is 0.0625. The average molecular weight is 309 g/mol. The second kappa shape index (κ2) is 5.35. The molecule has 0 saturated carbocycles. The van der Waals surface area contributed by atoms with Crippen LogP contribution in [0.4, 0.5) is 5.69 Å². The molecule has 3 rings (SSSR count). The number of rotatable bonds is 2. The number of benzene rings is 2. The average Bonchev–Trinajstić information content (AvgIpc) is 2.52. The quantitative estimate of drug-likeness (QED) is 0.649. The molecule has 0 aliphatic carbocycles. The molecule has 7 heteroatoms. The van der Waals surface area contributed by atoms with Gasteiger partial charge in [0.05, 0.1) is 16.9 Å². The molecule has 1 atom stereocenters. The van der Waals surface area contributed by atoms with Crippen LogP contribution in [0.2, 0.25) is 0 Å². The summed E-state index contributed by atoms with van der Waals surface area (Å²) in [5.74, 6) is -0.386. The topological polar surface area (TPSA) is 122 Å². The lowest BCUT2D eigenvalue weighted by molar-refractivity contribution is -0.384. The summed E-state index contributed by atoms with van der Waals surface area (Å²) >= 11 is 0. The van der Waals surface area contributed by atoms with E-state index in [1.807, 2.05) is 6.07 Å². The summed E-state index contributed by atoms with van der Waals surface area (Å²) < 4.78 is 5.38. The second-order valence-electron chi connectivity index (χ2n) is 5.00. The van der Waals surface area contributed by atoms with Crippen molar-refractivity contribution in [1.82, 2.24) is 0 Å². The van der Waals surface area contributed by atoms with Gasteiger partial charge in [0.1, 0.15) is 23.1 Å². The number of phenolic OH excluding ortho intramolecular Hbond substituents is 1. The van der Waals surface area contributed by atoms with Crippen LogP contribution < -0.4 is 10.5 Å². The van der Waals surface area contributed by atoms with E-state index in [0.29, 0.717) is 11.1 Å². The van der Waals surface area contributed by atoms with Gasteiger partial charge in [-0.05, 0) is 23.8 Å². The van der Waals surface area contributed by atoms with Crippen LogP contribution in [0.5, 0.6) is 11.5 Å². The molecule has 0 radical (unpaired) electrons. The van der Waals surface area contributed by atoms with E-state index in [9.17, 15) is 20.5 Å². The van der Waals surface area contributed by atoms with E-state index in [0.717, 1.165) is 0 Å². The maximum absolute atomic E-state index is 10.9. The van der Waals surface area contributed by atoms with Gasteiger partial charge in [0, 0.05) is 11.6 Å². The first-order chi connectivity index (χ1) is 11.0. The first-order valence-electron chi connectivity index (χ1n) is 6.66. The highest BCUT2D eigenvalue weighted by Crippen LogP contribution is 2.43. The van der Waals surface area contributed by atoms with Gasteiger partial charge in [-0.1, -0.05) is 12.1 Å². The summed E-state index contributed by atoms with van der Waals surface area (Å²) in [5.41, 5.74) is 7.08. The molecule has 2 aromatic rings. The minimum absolute atomic E-state index is 0.0494. The third kappa shape index (κ3) is 2.42. The molecule has 0 aromatic heterocycles. The Balaban J connectivity index is 2.22. The highest BCUT2D eigenvalue weighted by atomic mass is 16.6. The predicted octanol–water partition coefficient (Wildman–Crippen LogP) is 2.52. The van der Waals surface area contributed by atoms with Crippen LogP contribution >= 0.6 is 0 Å². The second-order valence-corrected chi connectivity index (χ2v) is 5.00. The molecule has 0 amide bonds. The van der Waals surface area contributed by atoms with E-state index in [-0.39, 0.29) is 28.6 Å². The maximum atomic E-state index is 10.9. The Labute approximate surface area is 131 Å². The lowest BCUT2D eigenvalue weighted by Gasteiger charge is -2.26. The Morgan fingerprint density at radius 2 is 2.09 bits per heavy atom. The molecule has 2 aromatic carbocycles. The smallest absolute Gasteiger partial charge is 0.273 e. The summed E-state index contributed by atoms with van der Waals surface area (Å²) in [6, 6.07) is 12.6. The van der Waals surface area contributed by atoms with Gasteiger partial charge in [-0.25, -0.2) is 0 Å². The van der Waals surface area contributed by atoms with Crippen molar-refractivity contribution in [2.45, 2.75) is 5.92 Å². The Morgan fingerprint density at radius 3 is 2.74 bits per heavy atom. The fourth-order valence-corrected chi connectivity index (χ4v) is 2.60. The fourth-order valence-electron chi connectivity index (χ4n) is 2.60. The minimum Gasteiger partial charge on any atom is -0.508 e. The standard InChI is InChI=1S/C16H11N3O4/c17-8-13-15(9-2-1-3-11(20)6-9)12-5-4-10(19(21)22)7-14(12)23-16(13)18/h1-7,15,20H,18H2/t15-/m1/s1. The van der Waals surface area contributed by atoms with Crippen LogP contribution in [0.25, 0.3) is 0 Å². The zero-order valence-electron chi connectivity index (χ0n) is 11.8. The molecule has 3 N–H and O–H groups in total. The van der Waals surface area contributed by atoms with Gasteiger partial charge in [0.25, 0.3) is 5.69 Å². The molecular weight excluding hydrogens is 298 g/mol. The number of non-ortho nitro benzene ring substituents is 1. The molecule has 1 heterocycles. The molecular formula is C16H11N3O4. The lowest BCUT2D eigenvalue weighted by atomic mass is 9.83. The number of nitriles is 1. The van der Waals surface area contributed by atoms with Gasteiger partial charge in [0.2, 0.25) is 5.88 Å². The number of allylic oxidation sites excluding steroid dienone is 1. The van der Waals surface area contributed by atoms with Gasteiger partial charge < -0.3 is 15.6 Å². The minimum atomic E-state index is -0.559. The Morgan fingerprint density at radius 1 is 1.30 bits per heavy atom. The number of phenols is 1. The van der Waals surface area contributed by atoms with Crippen molar-refractivity contribution in [3.05, 3.63) is 75.2 Å². The maximum Gasteiger partial charge on any atom is 0.273 e. The van der Waals surface area contributed by atoms with E-state index >= 15 is 0 Å². The van der Waals surface area contributed by atoms with E-state index in [1.54, 1.807) is 12.1 Å². The Hall–Kier alpha value is -3.53. The number of ether oxygens (including phenoxy) is 1. The number of nitrogens with zero attached hydrogens (tertiary/aromatic N) is 2. The van der Waals surface area contributed by atoms with E-state index in [2.05, 4.69) is 0 Å². The molecule has 114 valence electrons. The number of nitro groups is 1. The Kier molecular flexibility index (Phi) is 3.35. The third-order valence-corrected chi connectivity index (χ3v) is 3.62. The van der Waals surface area contributed by atoms with E-state index in [1.165, 1.54) is 30.3 Å². The summed E-state index contributed by atoms with van der Waals surface area (Å²) in [7, 11) is 0. The monoisotopic (exact) mass is 309 g/mol. The van der Waals surface area contributed by atoms with Crippen LogP contribution in [0, 0.1) is 21.4 Å². The predicted molar refractivity (Wildman–Crippen MR) is 80.5 cm³/mol. The summed E-state index contributed by atoms with van der Waals surface area (Å²) in [6.07, 6.45) is 0. The van der Waals surface area contributed by atoms with Crippen LogP contribution in [0.3, 0.4) is 0 Å². The first kappa shape index (κ1) is 14.4. The largest absolute Gasteiger partial charge is 0.508 e. The molecule has 0 unspecified atom stereocenters. The molecule has 7 nitrogen and oxygen atoms in total. The molecule has 0 saturated heterocycles. The van der Waals surface area contributed by atoms with Gasteiger partial charge in [-0.2, -0.15) is 5.26 Å². The van der Waals surface area contributed by atoms with Crippen molar-refractivity contribution < 1.29 is 14.8 Å². The van der Waals surface area contributed by atoms with Crippen LogP contribution in [0.15, 0.2) is 53.9 Å². The van der Waals surface area contributed by atoms with E-state index < -0.39 is 10.8 Å². The van der Waals surface area contributed by atoms with Crippen molar-refractivity contribution in [1.29, 1.82) is 5.26 Å². The van der Waals surface area contributed by atoms with Crippen LogP contribution in [-0.2, 0) is 0 Å². The summed E-state index contributed by atoms with van der Waals surface area (Å²) in [5, 5.41) is 30.0. The zero-order chi connectivity index (χ0) is 16.6. The van der Waals surface area contributed by atoms with Crippen molar-refractivity contribution in [2.24, 2.45) is 5.73 Å². The van der Waals surface area contributed by atoms with Crippen molar-refractivity contribution in [3.8, 4) is 17.6 Å².